The van der Waals surface area contributed by atoms with Gasteiger partial charge in [-0.25, -0.2) is 0 Å². The summed E-state index contributed by atoms with van der Waals surface area (Å²) in [6.45, 7) is 4.71. The molecule has 1 N–H and O–H groups in total. The molecule has 0 aromatic heterocycles. The summed E-state index contributed by atoms with van der Waals surface area (Å²) in [5.41, 5.74) is 4.30. The number of aryl methyl sites for hydroxylation is 1. The van der Waals surface area contributed by atoms with Crippen molar-refractivity contribution >= 4 is 17.5 Å². The zero-order valence-corrected chi connectivity index (χ0v) is 14.1. The fourth-order valence-electron chi connectivity index (χ4n) is 3.29. The molecule has 1 heterocycles. The van der Waals surface area contributed by atoms with E-state index in [0.717, 1.165) is 16.8 Å². The van der Waals surface area contributed by atoms with E-state index in [9.17, 15) is 9.59 Å². The zero-order valence-electron chi connectivity index (χ0n) is 14.1. The fourth-order valence-corrected chi connectivity index (χ4v) is 3.29. The Balaban J connectivity index is 1.64. The summed E-state index contributed by atoms with van der Waals surface area (Å²) in [6.07, 6.45) is 0.395. The largest absolute Gasteiger partial charge is 0.352 e. The molecule has 3 rings (SSSR count). The lowest BCUT2D eigenvalue weighted by Gasteiger charge is -2.15. The molecule has 1 aliphatic heterocycles. The van der Waals surface area contributed by atoms with Gasteiger partial charge in [-0.3, -0.25) is 9.59 Å². The number of rotatable bonds is 4. The summed E-state index contributed by atoms with van der Waals surface area (Å²) in [4.78, 5) is 25.9. The van der Waals surface area contributed by atoms with Crippen molar-refractivity contribution < 1.29 is 9.59 Å². The molecule has 0 aliphatic carbocycles. The maximum atomic E-state index is 12.3. The number of anilines is 1. The fraction of sp³-hybridized carbons (Fsp3) is 0.300. The van der Waals surface area contributed by atoms with Gasteiger partial charge in [-0.05, 0) is 24.1 Å². The highest BCUT2D eigenvalue weighted by Gasteiger charge is 2.31. The number of nitrogens with one attached hydrogen (secondary N) is 1. The smallest absolute Gasteiger partial charge is 0.223 e. The third-order valence-electron chi connectivity index (χ3n) is 4.45. The molecule has 4 nitrogen and oxygen atoms in total. The average Bonchev–Trinajstić information content (AvgIpc) is 2.92. The number of nitrogens with zero attached hydrogens (tertiary/aromatic N) is 1. The van der Waals surface area contributed by atoms with Crippen LogP contribution in [0.2, 0.25) is 0 Å². The molecule has 1 aliphatic rings. The van der Waals surface area contributed by atoms with Gasteiger partial charge in [0.05, 0.1) is 0 Å². The van der Waals surface area contributed by atoms with Crippen molar-refractivity contribution in [2.45, 2.75) is 32.7 Å². The van der Waals surface area contributed by atoms with Crippen LogP contribution in [-0.2, 0) is 16.1 Å². The summed E-state index contributed by atoms with van der Waals surface area (Å²) >= 11 is 0. The first kappa shape index (κ1) is 16.2. The number of amides is 2. The van der Waals surface area contributed by atoms with E-state index in [1.54, 1.807) is 11.8 Å². The monoisotopic (exact) mass is 322 g/mol. The SMILES string of the molecule is CC(=O)N1CC(CC(=O)NCc2cccc(C)c2)c2ccccc21. The quantitative estimate of drug-likeness (QED) is 0.940. The first-order valence-corrected chi connectivity index (χ1v) is 8.24. The molecule has 0 radical (unpaired) electrons. The van der Waals surface area contributed by atoms with E-state index in [4.69, 9.17) is 0 Å². The summed E-state index contributed by atoms with van der Waals surface area (Å²) < 4.78 is 0. The average molecular weight is 322 g/mol. The Morgan fingerprint density at radius 2 is 1.96 bits per heavy atom. The minimum Gasteiger partial charge on any atom is -0.352 e. The number of fused-ring (bicyclic) bond motifs is 1. The highest BCUT2D eigenvalue weighted by atomic mass is 16.2. The first-order valence-electron chi connectivity index (χ1n) is 8.24. The predicted molar refractivity (Wildman–Crippen MR) is 94.9 cm³/mol. The van der Waals surface area contributed by atoms with Crippen molar-refractivity contribution in [1.82, 2.24) is 5.32 Å². The predicted octanol–water partition coefficient (Wildman–Crippen LogP) is 3.15. The summed E-state index contributed by atoms with van der Waals surface area (Å²) in [5.74, 6) is 0.0921. The van der Waals surface area contributed by atoms with E-state index < -0.39 is 0 Å². The lowest BCUT2D eigenvalue weighted by molar-refractivity contribution is -0.122. The maximum absolute atomic E-state index is 12.3. The Labute approximate surface area is 142 Å². The Bertz CT molecular complexity index is 770. The molecule has 0 bridgehead atoms. The Kier molecular flexibility index (Phi) is 4.65. The summed E-state index contributed by atoms with van der Waals surface area (Å²) in [6, 6.07) is 16.0. The van der Waals surface area contributed by atoms with Gasteiger partial charge in [0.25, 0.3) is 0 Å². The van der Waals surface area contributed by atoms with Gasteiger partial charge in [-0.15, -0.1) is 0 Å². The lowest BCUT2D eigenvalue weighted by Crippen LogP contribution is -2.29. The first-order chi connectivity index (χ1) is 11.5. The second-order valence-electron chi connectivity index (χ2n) is 6.36. The lowest BCUT2D eigenvalue weighted by atomic mass is 9.97. The van der Waals surface area contributed by atoms with Gasteiger partial charge in [-0.2, -0.15) is 0 Å². The molecule has 0 fully saturated rings. The van der Waals surface area contributed by atoms with Gasteiger partial charge in [0.2, 0.25) is 11.8 Å². The number of carbonyl (C=O) groups excluding carboxylic acids is 2. The van der Waals surface area contributed by atoms with E-state index >= 15 is 0 Å². The van der Waals surface area contributed by atoms with Gasteiger partial charge in [0.1, 0.15) is 0 Å². The second-order valence-corrected chi connectivity index (χ2v) is 6.36. The van der Waals surface area contributed by atoms with E-state index in [1.165, 1.54) is 5.56 Å². The molecule has 0 spiro atoms. The maximum Gasteiger partial charge on any atom is 0.223 e. The van der Waals surface area contributed by atoms with Crippen LogP contribution >= 0.6 is 0 Å². The van der Waals surface area contributed by atoms with Crippen molar-refractivity contribution in [2.75, 3.05) is 11.4 Å². The zero-order chi connectivity index (χ0) is 17.1. The van der Waals surface area contributed by atoms with Crippen molar-refractivity contribution in [1.29, 1.82) is 0 Å². The molecule has 2 aromatic carbocycles. The van der Waals surface area contributed by atoms with Gasteiger partial charge < -0.3 is 10.2 Å². The van der Waals surface area contributed by atoms with Crippen LogP contribution in [0.25, 0.3) is 0 Å². The van der Waals surface area contributed by atoms with E-state index in [2.05, 4.69) is 11.4 Å². The highest BCUT2D eigenvalue weighted by molar-refractivity contribution is 5.94. The van der Waals surface area contributed by atoms with Crippen LogP contribution in [-0.4, -0.2) is 18.4 Å². The van der Waals surface area contributed by atoms with E-state index in [-0.39, 0.29) is 17.7 Å². The van der Waals surface area contributed by atoms with Crippen LogP contribution in [0.5, 0.6) is 0 Å². The normalized spacial score (nSPS) is 15.9. The molecule has 0 saturated heterocycles. The summed E-state index contributed by atoms with van der Waals surface area (Å²) in [5, 5.41) is 2.99. The van der Waals surface area contributed by atoms with Crippen molar-refractivity contribution in [3.05, 3.63) is 65.2 Å². The number of hydrogen-bond donors (Lipinski definition) is 1. The molecule has 2 amide bonds. The second kappa shape index (κ2) is 6.87. The van der Waals surface area contributed by atoms with Crippen LogP contribution in [0.15, 0.2) is 48.5 Å². The molecule has 2 aromatic rings. The molecular formula is C20H22N2O2. The minimum atomic E-state index is 0.0155. The van der Waals surface area contributed by atoms with Crippen LogP contribution in [0.4, 0.5) is 5.69 Å². The van der Waals surface area contributed by atoms with Gasteiger partial charge >= 0.3 is 0 Å². The van der Waals surface area contributed by atoms with Crippen molar-refractivity contribution in [3.8, 4) is 0 Å². The Morgan fingerprint density at radius 1 is 1.17 bits per heavy atom. The Hall–Kier alpha value is -2.62. The van der Waals surface area contributed by atoms with Gasteiger partial charge in [0.15, 0.2) is 0 Å². The van der Waals surface area contributed by atoms with Crippen molar-refractivity contribution in [3.63, 3.8) is 0 Å². The summed E-state index contributed by atoms with van der Waals surface area (Å²) in [7, 11) is 0. The topological polar surface area (TPSA) is 49.4 Å². The molecule has 24 heavy (non-hydrogen) atoms. The standard InChI is InChI=1S/C20H22N2O2/c1-14-6-5-7-16(10-14)12-21-20(24)11-17-13-22(15(2)23)19-9-4-3-8-18(17)19/h3-10,17H,11-13H2,1-2H3,(H,21,24). The number of hydrogen-bond acceptors (Lipinski definition) is 2. The highest BCUT2D eigenvalue weighted by Crippen LogP contribution is 2.37. The number of para-hydroxylation sites is 1. The number of benzene rings is 2. The Morgan fingerprint density at radius 3 is 2.71 bits per heavy atom. The third kappa shape index (κ3) is 3.48. The molecule has 124 valence electrons. The molecule has 1 unspecified atom stereocenters. The molecule has 4 heteroatoms. The van der Waals surface area contributed by atoms with Crippen molar-refractivity contribution in [2.24, 2.45) is 0 Å². The van der Waals surface area contributed by atoms with Crippen LogP contribution in [0, 0.1) is 6.92 Å². The van der Waals surface area contributed by atoms with E-state index in [1.807, 2.05) is 49.4 Å². The minimum absolute atomic E-state index is 0.0155. The molecular weight excluding hydrogens is 300 g/mol. The van der Waals surface area contributed by atoms with Crippen LogP contribution in [0.1, 0.15) is 36.0 Å². The third-order valence-corrected chi connectivity index (χ3v) is 4.45. The van der Waals surface area contributed by atoms with Crippen LogP contribution in [0.3, 0.4) is 0 Å². The van der Waals surface area contributed by atoms with E-state index in [0.29, 0.717) is 19.5 Å². The van der Waals surface area contributed by atoms with Gasteiger partial charge in [0, 0.05) is 38.0 Å². The molecule has 1 atom stereocenters. The molecule has 0 saturated carbocycles. The van der Waals surface area contributed by atoms with Gasteiger partial charge in [-0.1, -0.05) is 48.0 Å². The van der Waals surface area contributed by atoms with Crippen LogP contribution < -0.4 is 10.2 Å². The number of carbonyl (C=O) groups is 2.